The van der Waals surface area contributed by atoms with Gasteiger partial charge in [-0.05, 0) is 98.3 Å². The molecule has 0 aliphatic carbocycles. The third kappa shape index (κ3) is 7.89. The number of aryl methyl sites for hydroxylation is 2. The molecule has 252 valence electrons. The predicted octanol–water partition coefficient (Wildman–Crippen LogP) is 7.84. The number of rotatable bonds is 13. The zero-order valence-corrected chi connectivity index (χ0v) is 28.9. The molecule has 0 atom stereocenters. The quantitative estimate of drug-likeness (QED) is 0.102. The van der Waals surface area contributed by atoms with Crippen molar-refractivity contribution in [1.29, 1.82) is 0 Å². The van der Waals surface area contributed by atoms with E-state index in [9.17, 15) is 9.59 Å². The second-order valence-corrected chi connectivity index (χ2v) is 12.0. The Balaban J connectivity index is 1.54. The Morgan fingerprint density at radius 3 is 2.47 bits per heavy atom. The fourth-order valence-electron chi connectivity index (χ4n) is 5.55. The zero-order valence-electron chi connectivity index (χ0n) is 28.9. The van der Waals surface area contributed by atoms with Crippen molar-refractivity contribution in [1.82, 2.24) is 9.66 Å². The number of methoxy groups -OCH3 is 1. The van der Waals surface area contributed by atoms with Gasteiger partial charge in [0, 0.05) is 16.8 Å². The minimum absolute atomic E-state index is 0.176. The molecule has 9 nitrogen and oxygen atoms in total. The van der Waals surface area contributed by atoms with E-state index in [4.69, 9.17) is 24.3 Å². The highest BCUT2D eigenvalue weighted by atomic mass is 16.5. The minimum atomic E-state index is -0.304. The van der Waals surface area contributed by atoms with Crippen molar-refractivity contribution < 1.29 is 19.0 Å². The molecule has 0 radical (unpaired) electrons. The van der Waals surface area contributed by atoms with E-state index in [1.165, 1.54) is 11.8 Å². The summed E-state index contributed by atoms with van der Waals surface area (Å²) in [4.78, 5) is 31.6. The minimum Gasteiger partial charge on any atom is -0.494 e. The molecule has 1 N–H and O–H groups in total. The number of benzene rings is 4. The summed E-state index contributed by atoms with van der Waals surface area (Å²) in [6, 6.07) is 22.4. The Hall–Kier alpha value is -5.70. The van der Waals surface area contributed by atoms with E-state index in [1.54, 1.807) is 24.4 Å². The number of fused-ring (bicyclic) bond motifs is 1. The number of amides is 1. The number of ether oxygens (including phenoxy) is 3. The molecular weight excluding hydrogens is 616 g/mol. The molecule has 4 aromatic carbocycles. The molecule has 1 aromatic heterocycles. The van der Waals surface area contributed by atoms with Crippen molar-refractivity contribution in [3.63, 3.8) is 0 Å². The van der Waals surface area contributed by atoms with Crippen LogP contribution >= 0.6 is 0 Å². The summed E-state index contributed by atoms with van der Waals surface area (Å²) < 4.78 is 19.0. The lowest BCUT2D eigenvalue weighted by molar-refractivity contribution is -0.118. The number of carbonyl (C=O) groups excluding carboxylic acids is 1. The predicted molar refractivity (Wildman–Crippen MR) is 197 cm³/mol. The van der Waals surface area contributed by atoms with Gasteiger partial charge >= 0.3 is 0 Å². The van der Waals surface area contributed by atoms with Crippen molar-refractivity contribution in [2.24, 2.45) is 5.10 Å². The van der Waals surface area contributed by atoms with Crippen LogP contribution in [-0.4, -0.2) is 42.1 Å². The molecule has 5 aromatic rings. The van der Waals surface area contributed by atoms with Gasteiger partial charge in [-0.1, -0.05) is 49.8 Å². The Kier molecular flexibility index (Phi) is 10.9. The summed E-state index contributed by atoms with van der Waals surface area (Å²) in [6.45, 7) is 14.3. The normalized spacial score (nSPS) is 11.2. The van der Waals surface area contributed by atoms with E-state index in [2.05, 4.69) is 25.7 Å². The van der Waals surface area contributed by atoms with Crippen LogP contribution in [0.3, 0.4) is 0 Å². The molecule has 0 saturated carbocycles. The summed E-state index contributed by atoms with van der Waals surface area (Å²) in [5, 5.41) is 8.01. The van der Waals surface area contributed by atoms with Crippen LogP contribution in [0.15, 0.2) is 95.3 Å². The standard InChI is InChI=1S/C40H42N4O5/c1-8-12-29-20-28(21-36(47-7)38(29)49-24-37(45)42-30-17-15-26(5)16-18-30)23-41-44-39(43-34-14-11-10-13-31(34)40(44)46)33-22-32(25(3)4)35(48-9-2)19-27(33)6/h8,10-11,13-23,25H,1,9,12,24H2,2-7H3,(H,42,45). The van der Waals surface area contributed by atoms with Crippen LogP contribution in [-0.2, 0) is 11.2 Å². The highest BCUT2D eigenvalue weighted by Crippen LogP contribution is 2.35. The van der Waals surface area contributed by atoms with Gasteiger partial charge < -0.3 is 19.5 Å². The first-order chi connectivity index (χ1) is 23.6. The molecule has 0 aliphatic heterocycles. The average Bonchev–Trinajstić information content (AvgIpc) is 3.08. The van der Waals surface area contributed by atoms with Gasteiger partial charge in [0.1, 0.15) is 5.75 Å². The number of nitrogens with zero attached hydrogens (tertiary/aromatic N) is 3. The highest BCUT2D eigenvalue weighted by molar-refractivity contribution is 5.92. The Morgan fingerprint density at radius 2 is 1.78 bits per heavy atom. The monoisotopic (exact) mass is 658 g/mol. The Bertz CT molecular complexity index is 2080. The summed E-state index contributed by atoms with van der Waals surface area (Å²) >= 11 is 0. The molecule has 0 bridgehead atoms. The largest absolute Gasteiger partial charge is 0.494 e. The van der Waals surface area contributed by atoms with Crippen molar-refractivity contribution in [3.8, 4) is 28.6 Å². The molecule has 0 aliphatic rings. The number of aromatic nitrogens is 2. The van der Waals surface area contributed by atoms with Gasteiger partial charge in [-0.3, -0.25) is 9.59 Å². The molecule has 1 amide bonds. The Labute approximate surface area is 286 Å². The van der Waals surface area contributed by atoms with Gasteiger partial charge in [-0.25, -0.2) is 4.98 Å². The van der Waals surface area contributed by atoms with Gasteiger partial charge in [0.25, 0.3) is 11.5 Å². The first-order valence-electron chi connectivity index (χ1n) is 16.3. The van der Waals surface area contributed by atoms with Crippen LogP contribution in [0.2, 0.25) is 0 Å². The number of allylic oxidation sites excluding steroid dienone is 1. The molecule has 0 unspecified atom stereocenters. The molecule has 49 heavy (non-hydrogen) atoms. The van der Waals surface area contributed by atoms with Gasteiger partial charge in [0.15, 0.2) is 23.9 Å². The highest BCUT2D eigenvalue weighted by Gasteiger charge is 2.19. The average molecular weight is 659 g/mol. The van der Waals surface area contributed by atoms with E-state index < -0.39 is 0 Å². The van der Waals surface area contributed by atoms with Crippen LogP contribution in [0.1, 0.15) is 54.5 Å². The maximum Gasteiger partial charge on any atom is 0.282 e. The maximum absolute atomic E-state index is 14.0. The second kappa shape index (κ2) is 15.5. The van der Waals surface area contributed by atoms with E-state index in [0.717, 1.165) is 33.6 Å². The Morgan fingerprint density at radius 1 is 1.02 bits per heavy atom. The molecule has 5 rings (SSSR count). The second-order valence-electron chi connectivity index (χ2n) is 12.0. The molecule has 0 spiro atoms. The van der Waals surface area contributed by atoms with Crippen LogP contribution in [0, 0.1) is 13.8 Å². The van der Waals surface area contributed by atoms with E-state index >= 15 is 0 Å². The molecule has 0 fully saturated rings. The number of anilines is 1. The van der Waals surface area contributed by atoms with Crippen LogP contribution in [0.5, 0.6) is 17.2 Å². The van der Waals surface area contributed by atoms with Gasteiger partial charge in [0.05, 0.1) is 30.8 Å². The maximum atomic E-state index is 14.0. The molecule has 9 heteroatoms. The smallest absolute Gasteiger partial charge is 0.282 e. The third-order valence-electron chi connectivity index (χ3n) is 8.02. The fourth-order valence-corrected chi connectivity index (χ4v) is 5.55. The number of hydrogen-bond acceptors (Lipinski definition) is 7. The molecule has 1 heterocycles. The number of para-hydroxylation sites is 1. The van der Waals surface area contributed by atoms with Gasteiger partial charge in [-0.15, -0.1) is 6.58 Å². The van der Waals surface area contributed by atoms with E-state index in [1.807, 2.05) is 81.4 Å². The first kappa shape index (κ1) is 34.6. The third-order valence-corrected chi connectivity index (χ3v) is 8.02. The lowest BCUT2D eigenvalue weighted by Crippen LogP contribution is -2.21. The summed E-state index contributed by atoms with van der Waals surface area (Å²) in [6.07, 6.45) is 3.78. The topological polar surface area (TPSA) is 104 Å². The molecular formula is C40H42N4O5. The SMILES string of the molecule is C=CCc1cc(C=Nn2c(-c3cc(C(C)C)c(OCC)cc3C)nc3ccccc3c2=O)cc(OC)c1OCC(=O)Nc1ccc(C)cc1. The van der Waals surface area contributed by atoms with Gasteiger partial charge in [0.2, 0.25) is 0 Å². The van der Waals surface area contributed by atoms with Crippen molar-refractivity contribution >= 4 is 28.7 Å². The van der Waals surface area contributed by atoms with Crippen molar-refractivity contribution in [3.05, 3.63) is 124 Å². The van der Waals surface area contributed by atoms with Crippen LogP contribution < -0.4 is 25.1 Å². The molecule has 0 saturated heterocycles. The van der Waals surface area contributed by atoms with E-state index in [-0.39, 0.29) is 24.0 Å². The van der Waals surface area contributed by atoms with Crippen LogP contribution in [0.4, 0.5) is 5.69 Å². The number of carbonyl (C=O) groups is 1. The zero-order chi connectivity index (χ0) is 35.1. The van der Waals surface area contributed by atoms with E-state index in [0.29, 0.717) is 52.5 Å². The summed E-state index contributed by atoms with van der Waals surface area (Å²) in [5.41, 5.74) is 6.16. The number of hydrogen-bond donors (Lipinski definition) is 1. The lowest BCUT2D eigenvalue weighted by Gasteiger charge is -2.18. The van der Waals surface area contributed by atoms with Crippen molar-refractivity contribution in [2.75, 3.05) is 25.6 Å². The van der Waals surface area contributed by atoms with Crippen molar-refractivity contribution in [2.45, 2.75) is 47.0 Å². The fraction of sp³-hybridized carbons (Fsp3) is 0.250. The number of nitrogens with one attached hydrogen (secondary N) is 1. The van der Waals surface area contributed by atoms with Crippen LogP contribution in [0.25, 0.3) is 22.3 Å². The summed E-state index contributed by atoms with van der Waals surface area (Å²) in [7, 11) is 1.53. The lowest BCUT2D eigenvalue weighted by atomic mass is 9.96. The first-order valence-corrected chi connectivity index (χ1v) is 16.3. The summed E-state index contributed by atoms with van der Waals surface area (Å²) in [5.74, 6) is 1.94. The van der Waals surface area contributed by atoms with Gasteiger partial charge in [-0.2, -0.15) is 9.78 Å².